The number of rotatable bonds is 5. The van der Waals surface area contributed by atoms with Gasteiger partial charge in [-0.3, -0.25) is 0 Å². The van der Waals surface area contributed by atoms with Gasteiger partial charge in [0.25, 0.3) is 0 Å². The largest absolute Gasteiger partial charge is 0.358 e. The summed E-state index contributed by atoms with van der Waals surface area (Å²) in [6, 6.07) is 19.7. The molecule has 0 atom stereocenters. The Morgan fingerprint density at radius 1 is 0.667 bits per heavy atom. The first-order valence-electron chi connectivity index (χ1n) is 11.0. The Labute approximate surface area is 221 Å². The van der Waals surface area contributed by atoms with Crippen molar-refractivity contribution in [2.24, 2.45) is 10.2 Å². The molecule has 2 nitrogen and oxygen atoms in total. The summed E-state index contributed by atoms with van der Waals surface area (Å²) >= 11 is 0. The summed E-state index contributed by atoms with van der Waals surface area (Å²) in [6.45, 7) is 22.9. The number of benzene rings is 2. The van der Waals surface area contributed by atoms with E-state index >= 15 is 0 Å². The molecule has 0 N–H and O–H groups in total. The van der Waals surface area contributed by atoms with Crippen molar-refractivity contribution >= 4 is 0 Å². The summed E-state index contributed by atoms with van der Waals surface area (Å²) in [5.41, 5.74) is 6.03. The summed E-state index contributed by atoms with van der Waals surface area (Å²) in [5.74, 6) is 2.35. The van der Waals surface area contributed by atoms with Crippen LogP contribution in [0.15, 0.2) is 58.9 Å². The second-order valence-electron chi connectivity index (χ2n) is 8.78. The van der Waals surface area contributed by atoms with Crippen LogP contribution in [0.3, 0.4) is 0 Å². The third kappa shape index (κ3) is 17.6. The van der Waals surface area contributed by atoms with Gasteiger partial charge in [0, 0.05) is 27.5 Å². The minimum Gasteiger partial charge on any atom is -0.358 e. The predicted molar refractivity (Wildman–Crippen MR) is 145 cm³/mol. The molecule has 2 rings (SSSR count). The third-order valence-electron chi connectivity index (χ3n) is 4.44. The van der Waals surface area contributed by atoms with Crippen molar-refractivity contribution in [3.8, 4) is 0 Å². The summed E-state index contributed by atoms with van der Waals surface area (Å²) in [5, 5.41) is 7.02. The molecular weight excluding hydrogens is 495 g/mol. The van der Waals surface area contributed by atoms with E-state index in [4.69, 9.17) is 0 Å². The van der Waals surface area contributed by atoms with Gasteiger partial charge >= 0.3 is 0 Å². The Balaban J connectivity index is -0.000000193. The van der Waals surface area contributed by atoms with E-state index < -0.39 is 0 Å². The fourth-order valence-corrected chi connectivity index (χ4v) is 2.53. The smallest absolute Gasteiger partial charge is 0.0523 e. The number of azo groups is 1. The van der Waals surface area contributed by atoms with Crippen LogP contribution in [-0.4, -0.2) is 7.05 Å². The van der Waals surface area contributed by atoms with E-state index in [1.54, 1.807) is 14.0 Å². The molecule has 3 heteroatoms. The van der Waals surface area contributed by atoms with Gasteiger partial charge in [-0.15, -0.1) is 0 Å². The zero-order valence-corrected chi connectivity index (χ0v) is 24.7. The molecule has 0 aromatic heterocycles. The monoisotopic (exact) mass is 542 g/mol. The van der Waals surface area contributed by atoms with Crippen molar-refractivity contribution in [3.63, 3.8) is 0 Å². The van der Waals surface area contributed by atoms with Crippen LogP contribution in [0.2, 0.25) is 0 Å². The van der Waals surface area contributed by atoms with E-state index in [0.717, 1.165) is 5.70 Å². The molecule has 0 radical (unpaired) electrons. The molecule has 0 saturated carbocycles. The molecule has 0 aliphatic carbocycles. The molecule has 0 spiro atoms. The molecule has 0 amide bonds. The summed E-state index contributed by atoms with van der Waals surface area (Å²) < 4.78 is 0. The Morgan fingerprint density at radius 2 is 0.909 bits per heavy atom. The Hall–Kier alpha value is -1.56. The number of nitrogens with zero attached hydrogens (tertiary/aromatic N) is 2. The topological polar surface area (TPSA) is 24.7 Å². The van der Waals surface area contributed by atoms with Gasteiger partial charge in [-0.25, -0.2) is 0 Å². The minimum atomic E-state index is 0. The quantitative estimate of drug-likeness (QED) is 0.204. The van der Waals surface area contributed by atoms with Gasteiger partial charge in [-0.2, -0.15) is 81.0 Å². The molecule has 0 bridgehead atoms. The Kier molecular flexibility index (Phi) is 24.6. The molecule has 192 valence electrons. The molecule has 33 heavy (non-hydrogen) atoms. The second kappa shape index (κ2) is 21.0. The van der Waals surface area contributed by atoms with Crippen LogP contribution < -0.4 is 0 Å². The van der Waals surface area contributed by atoms with Gasteiger partial charge in [0.15, 0.2) is 0 Å². The zero-order chi connectivity index (χ0) is 23.3. The molecular formula is C30H48N2Pd-4. The molecule has 0 unspecified atom stereocenters. The molecule has 0 saturated heterocycles. The van der Waals surface area contributed by atoms with Crippen molar-refractivity contribution < 1.29 is 20.4 Å². The molecule has 2 aromatic carbocycles. The van der Waals surface area contributed by atoms with Gasteiger partial charge in [-0.05, 0) is 30.6 Å². The average Bonchev–Trinajstić information content (AvgIpc) is 2.69. The van der Waals surface area contributed by atoms with Crippen LogP contribution in [0.5, 0.6) is 0 Å². The van der Waals surface area contributed by atoms with E-state index in [1.807, 2.05) is 0 Å². The van der Waals surface area contributed by atoms with E-state index in [2.05, 4.69) is 121 Å². The predicted octanol–water partition coefficient (Wildman–Crippen LogP) is 9.97. The van der Waals surface area contributed by atoms with Gasteiger partial charge in [0.2, 0.25) is 0 Å². The van der Waals surface area contributed by atoms with Crippen LogP contribution >= 0.6 is 0 Å². The summed E-state index contributed by atoms with van der Waals surface area (Å²) in [4.78, 5) is 0. The van der Waals surface area contributed by atoms with Crippen LogP contribution in [0.1, 0.15) is 108 Å². The van der Waals surface area contributed by atoms with Crippen LogP contribution in [0.4, 0.5) is 0 Å². The van der Waals surface area contributed by atoms with Gasteiger partial charge < -0.3 is 14.9 Å². The van der Waals surface area contributed by atoms with Gasteiger partial charge in [0.1, 0.15) is 0 Å². The maximum absolute atomic E-state index is 3.56. The Bertz CT molecular complexity index is 672. The average molecular weight is 543 g/mol. The molecule has 0 aliphatic rings. The second-order valence-corrected chi connectivity index (χ2v) is 8.78. The Morgan fingerprint density at radius 3 is 1.03 bits per heavy atom. The van der Waals surface area contributed by atoms with Crippen molar-refractivity contribution in [1.82, 2.24) is 0 Å². The standard InChI is InChI=1S/2C12H17.C4H8N2.2CH3.Pd/c2*1-9(2)11-6-5-7-12(8-11)10(3)4;1-4(2)6-5-3;;;/h2*5-7,9-10H,1-4H3;1H2,2-3H3;2*1H3;/q2*-1;;2*-1;. The van der Waals surface area contributed by atoms with Gasteiger partial charge in [0.05, 0.1) is 5.70 Å². The SMILES string of the molecule is C=C(C)N=NC.CC(C)c1[c-]c(C(C)C)ccc1.CC(C)c1[c-]c(C(C)C)ccc1.[CH3-].[CH3-].[Pd]. The van der Waals surface area contributed by atoms with E-state index in [-0.39, 0.29) is 35.3 Å². The fourth-order valence-electron chi connectivity index (χ4n) is 2.53. The first kappa shape index (κ1) is 38.7. The normalized spacial score (nSPS) is 9.88. The van der Waals surface area contributed by atoms with Crippen LogP contribution in [0, 0.1) is 27.0 Å². The first-order valence-corrected chi connectivity index (χ1v) is 11.0. The van der Waals surface area contributed by atoms with Crippen LogP contribution in [0.25, 0.3) is 0 Å². The van der Waals surface area contributed by atoms with Crippen molar-refractivity contribution in [2.75, 3.05) is 7.05 Å². The first-order chi connectivity index (χ1) is 14.0. The number of hydrogen-bond donors (Lipinski definition) is 0. The minimum absolute atomic E-state index is 0. The molecule has 0 heterocycles. The van der Waals surface area contributed by atoms with E-state index in [1.165, 1.54) is 22.3 Å². The van der Waals surface area contributed by atoms with Crippen LogP contribution in [-0.2, 0) is 20.4 Å². The van der Waals surface area contributed by atoms with Crippen molar-refractivity contribution in [1.29, 1.82) is 0 Å². The van der Waals surface area contributed by atoms with E-state index in [0.29, 0.717) is 23.7 Å². The summed E-state index contributed by atoms with van der Waals surface area (Å²) in [6.07, 6.45) is 0. The maximum Gasteiger partial charge on any atom is 0.0523 e. The zero-order valence-electron chi connectivity index (χ0n) is 23.2. The summed E-state index contributed by atoms with van der Waals surface area (Å²) in [7, 11) is 1.62. The van der Waals surface area contributed by atoms with Crippen molar-refractivity contribution in [3.05, 3.63) is 97.9 Å². The van der Waals surface area contributed by atoms with Crippen molar-refractivity contribution in [2.45, 2.75) is 86.0 Å². The van der Waals surface area contributed by atoms with E-state index in [9.17, 15) is 0 Å². The molecule has 0 fully saturated rings. The fraction of sp³-hybridized carbons (Fsp3) is 0.467. The maximum atomic E-state index is 3.56. The third-order valence-corrected chi connectivity index (χ3v) is 4.44. The number of hydrogen-bond acceptors (Lipinski definition) is 2. The van der Waals surface area contributed by atoms with Gasteiger partial charge in [-0.1, -0.05) is 62.0 Å². The molecule has 2 aromatic rings. The number of allylic oxidation sites excluding steroid dienone is 1. The molecule has 0 aliphatic heterocycles.